The smallest absolute Gasteiger partial charge is 0.270 e. The molecule has 3 rings (SSSR count). The maximum atomic E-state index is 12.1. The monoisotopic (exact) mass is 420 g/mol. The first kappa shape index (κ1) is 22.2. The Bertz CT molecular complexity index is 1070. The van der Waals surface area contributed by atoms with Gasteiger partial charge < -0.3 is 9.72 Å². The molecule has 0 aliphatic heterocycles. The van der Waals surface area contributed by atoms with E-state index in [0.29, 0.717) is 16.7 Å². The molecule has 0 atom stereocenters. The lowest BCUT2D eigenvalue weighted by molar-refractivity contribution is -0.121. The summed E-state index contributed by atoms with van der Waals surface area (Å²) in [6.45, 7) is 2.91. The second kappa shape index (κ2) is 11.6. The van der Waals surface area contributed by atoms with Crippen LogP contribution in [0, 0.1) is 0 Å². The fraction of sp³-hybridized carbons (Fsp3) is 0.333. The van der Waals surface area contributed by atoms with Crippen molar-refractivity contribution in [3.05, 3.63) is 70.1 Å². The van der Waals surface area contributed by atoms with E-state index in [9.17, 15) is 9.59 Å². The van der Waals surface area contributed by atoms with Crippen LogP contribution in [0.1, 0.15) is 50.3 Å². The number of hydrazone groups is 1. The second-order valence-electron chi connectivity index (χ2n) is 7.30. The number of amides is 1. The summed E-state index contributed by atoms with van der Waals surface area (Å²) in [5, 5.41) is 3.98. The molecule has 0 saturated heterocycles. The van der Waals surface area contributed by atoms with Crippen molar-refractivity contribution in [3.8, 4) is 5.75 Å². The Hall–Kier alpha value is -3.48. The van der Waals surface area contributed by atoms with Crippen molar-refractivity contribution in [1.29, 1.82) is 0 Å². The fourth-order valence-electron chi connectivity index (χ4n) is 3.07. The van der Waals surface area contributed by atoms with Crippen molar-refractivity contribution in [3.63, 3.8) is 0 Å². The highest BCUT2D eigenvalue weighted by atomic mass is 16.5. The first-order valence-corrected chi connectivity index (χ1v) is 10.7. The van der Waals surface area contributed by atoms with Gasteiger partial charge in [-0.1, -0.05) is 38.3 Å². The number of aryl methyl sites for hydroxylation is 1. The van der Waals surface area contributed by atoms with Gasteiger partial charge in [-0.05, 0) is 48.4 Å². The molecule has 1 aromatic heterocycles. The third-order valence-electron chi connectivity index (χ3n) is 4.81. The van der Waals surface area contributed by atoms with Crippen LogP contribution in [-0.2, 0) is 11.2 Å². The molecule has 31 heavy (non-hydrogen) atoms. The van der Waals surface area contributed by atoms with Crippen LogP contribution in [-0.4, -0.2) is 28.7 Å². The molecular formula is C24H28N4O3. The van der Waals surface area contributed by atoms with Gasteiger partial charge in [0.25, 0.3) is 5.56 Å². The van der Waals surface area contributed by atoms with Crippen molar-refractivity contribution >= 4 is 23.2 Å². The van der Waals surface area contributed by atoms with Crippen molar-refractivity contribution < 1.29 is 9.53 Å². The second-order valence-corrected chi connectivity index (χ2v) is 7.30. The third-order valence-corrected chi connectivity index (χ3v) is 4.81. The molecule has 2 aromatic carbocycles. The van der Waals surface area contributed by atoms with E-state index in [2.05, 4.69) is 27.4 Å². The number of benzene rings is 2. The number of hydrogen-bond donors (Lipinski definition) is 2. The van der Waals surface area contributed by atoms with Crippen LogP contribution < -0.4 is 15.7 Å². The minimum absolute atomic E-state index is 0.122. The van der Waals surface area contributed by atoms with Crippen molar-refractivity contribution in [1.82, 2.24) is 15.4 Å². The number of hydrogen-bond acceptors (Lipinski definition) is 5. The molecule has 7 nitrogen and oxygen atoms in total. The first-order valence-electron chi connectivity index (χ1n) is 10.7. The number of para-hydroxylation sites is 2. The number of fused-ring (bicyclic) bond motifs is 1. The predicted molar refractivity (Wildman–Crippen MR) is 123 cm³/mol. The van der Waals surface area contributed by atoms with Gasteiger partial charge >= 0.3 is 0 Å². The molecule has 0 spiro atoms. The number of rotatable bonds is 11. The van der Waals surface area contributed by atoms with E-state index >= 15 is 0 Å². The zero-order valence-electron chi connectivity index (χ0n) is 17.8. The number of carbonyl (C=O) groups excluding carboxylic acids is 1. The zero-order chi connectivity index (χ0) is 21.9. The van der Waals surface area contributed by atoms with Gasteiger partial charge in [0.1, 0.15) is 11.4 Å². The summed E-state index contributed by atoms with van der Waals surface area (Å²) in [6, 6.07) is 14.8. The molecule has 3 aromatic rings. The summed E-state index contributed by atoms with van der Waals surface area (Å²) in [4.78, 5) is 31.3. The summed E-state index contributed by atoms with van der Waals surface area (Å²) in [7, 11) is 0. The third kappa shape index (κ3) is 7.06. The molecule has 0 unspecified atom stereocenters. The average molecular weight is 421 g/mol. The van der Waals surface area contributed by atoms with E-state index in [1.165, 1.54) is 19.3 Å². The zero-order valence-corrected chi connectivity index (χ0v) is 17.8. The Kier molecular flexibility index (Phi) is 8.34. The van der Waals surface area contributed by atoms with E-state index < -0.39 is 0 Å². The lowest BCUT2D eigenvalue weighted by Crippen LogP contribution is -2.21. The normalized spacial score (nSPS) is 11.1. The number of H-pyrrole nitrogens is 1. The number of unbranched alkanes of at least 4 members (excludes halogenated alkanes) is 3. The molecule has 0 saturated carbocycles. The lowest BCUT2D eigenvalue weighted by Gasteiger charge is -2.06. The number of nitrogens with zero attached hydrogens (tertiary/aromatic N) is 2. The average Bonchev–Trinajstić information content (AvgIpc) is 2.78. The number of carbonyl (C=O) groups is 1. The maximum absolute atomic E-state index is 12.1. The number of aromatic amines is 1. The molecule has 2 N–H and O–H groups in total. The van der Waals surface area contributed by atoms with Crippen LogP contribution in [0.25, 0.3) is 11.0 Å². The Labute approximate surface area is 181 Å². The van der Waals surface area contributed by atoms with E-state index in [-0.39, 0.29) is 24.3 Å². The summed E-state index contributed by atoms with van der Waals surface area (Å²) in [5.41, 5.74) is 4.78. The molecule has 0 radical (unpaired) electrons. The van der Waals surface area contributed by atoms with Gasteiger partial charge in [-0.3, -0.25) is 9.59 Å². The maximum Gasteiger partial charge on any atom is 0.270 e. The molecular weight excluding hydrogens is 392 g/mol. The van der Waals surface area contributed by atoms with E-state index in [4.69, 9.17) is 4.74 Å². The Morgan fingerprint density at radius 3 is 2.74 bits per heavy atom. The van der Waals surface area contributed by atoms with Crippen molar-refractivity contribution in [2.24, 2.45) is 5.10 Å². The Morgan fingerprint density at radius 2 is 1.94 bits per heavy atom. The van der Waals surface area contributed by atoms with Gasteiger partial charge in [0.2, 0.25) is 5.91 Å². The highest BCUT2D eigenvalue weighted by Crippen LogP contribution is 2.12. The van der Waals surface area contributed by atoms with E-state index in [1.54, 1.807) is 12.3 Å². The summed E-state index contributed by atoms with van der Waals surface area (Å²) in [6.07, 6.45) is 6.63. The van der Waals surface area contributed by atoms with Crippen molar-refractivity contribution in [2.75, 3.05) is 6.61 Å². The predicted octanol–water partition coefficient (Wildman–Crippen LogP) is 3.97. The van der Waals surface area contributed by atoms with Crippen LogP contribution in [0.5, 0.6) is 5.75 Å². The van der Waals surface area contributed by atoms with Crippen LogP contribution in [0.3, 0.4) is 0 Å². The van der Waals surface area contributed by atoms with Crippen LogP contribution in [0.2, 0.25) is 0 Å². The molecule has 0 bridgehead atoms. The molecule has 0 aliphatic carbocycles. The molecule has 0 aliphatic rings. The van der Waals surface area contributed by atoms with Crippen LogP contribution >= 0.6 is 0 Å². The van der Waals surface area contributed by atoms with Crippen molar-refractivity contribution in [2.45, 2.75) is 45.4 Å². The highest BCUT2D eigenvalue weighted by Gasteiger charge is 2.07. The molecule has 0 fully saturated rings. The SMILES string of the molecule is CCCCCCOc1ccc(/C=N/NC(=O)CCc2nc3ccccc3[nH]c2=O)cc1. The molecule has 1 heterocycles. The molecule has 1 amide bonds. The van der Waals surface area contributed by atoms with E-state index in [1.807, 2.05) is 42.5 Å². The standard InChI is InChI=1S/C24H28N4O3/c1-2-3-4-7-16-31-19-12-10-18(11-13-19)17-25-28-23(29)15-14-22-24(30)27-21-9-6-5-8-20(21)26-22/h5-6,8-13,17H,2-4,7,14-16H2,1H3,(H,27,30)(H,28,29)/b25-17+. The quantitative estimate of drug-likeness (QED) is 0.279. The minimum Gasteiger partial charge on any atom is -0.494 e. The summed E-state index contributed by atoms with van der Waals surface area (Å²) in [5.74, 6) is 0.545. The number of ether oxygens (including phenoxy) is 1. The Balaban J connectivity index is 1.43. The summed E-state index contributed by atoms with van der Waals surface area (Å²) >= 11 is 0. The minimum atomic E-state index is -0.280. The topological polar surface area (TPSA) is 96.4 Å². The first-order chi connectivity index (χ1) is 15.2. The van der Waals surface area contributed by atoms with E-state index in [0.717, 1.165) is 24.3 Å². The van der Waals surface area contributed by atoms with Gasteiger partial charge in [0, 0.05) is 12.8 Å². The lowest BCUT2D eigenvalue weighted by atomic mass is 10.2. The van der Waals surface area contributed by atoms with Crippen LogP contribution in [0.15, 0.2) is 58.4 Å². The van der Waals surface area contributed by atoms with Gasteiger partial charge in [-0.25, -0.2) is 10.4 Å². The fourth-order valence-corrected chi connectivity index (χ4v) is 3.07. The largest absolute Gasteiger partial charge is 0.494 e. The number of nitrogens with one attached hydrogen (secondary N) is 2. The molecule has 162 valence electrons. The van der Waals surface area contributed by atoms with Crippen LogP contribution in [0.4, 0.5) is 0 Å². The van der Waals surface area contributed by atoms with Gasteiger partial charge in [-0.15, -0.1) is 0 Å². The molecule has 7 heteroatoms. The van der Waals surface area contributed by atoms with Gasteiger partial charge in [0.05, 0.1) is 23.9 Å². The highest BCUT2D eigenvalue weighted by molar-refractivity contribution is 5.82. The van der Waals surface area contributed by atoms with Gasteiger partial charge in [0.15, 0.2) is 0 Å². The Morgan fingerprint density at radius 1 is 1.13 bits per heavy atom. The number of aromatic nitrogens is 2. The van der Waals surface area contributed by atoms with Gasteiger partial charge in [-0.2, -0.15) is 5.10 Å². The summed E-state index contributed by atoms with van der Waals surface area (Å²) < 4.78 is 5.71.